The van der Waals surface area contributed by atoms with Gasteiger partial charge in [0.2, 0.25) is 0 Å². The number of nitrogens with two attached hydrogens (primary N) is 1. The first-order valence-electron chi connectivity index (χ1n) is 3.12. The summed E-state index contributed by atoms with van der Waals surface area (Å²) < 4.78 is 0. The molecule has 4 nitrogen and oxygen atoms in total. The molecule has 3 N–H and O–H groups in total. The van der Waals surface area contributed by atoms with E-state index in [0.29, 0.717) is 12.5 Å². The van der Waals surface area contributed by atoms with Gasteiger partial charge in [-0.3, -0.25) is 4.99 Å². The van der Waals surface area contributed by atoms with Gasteiger partial charge in [-0.25, -0.2) is 0 Å². The Morgan fingerprint density at radius 3 is 3.00 bits per heavy atom. The van der Waals surface area contributed by atoms with Crippen molar-refractivity contribution in [3.63, 3.8) is 0 Å². The van der Waals surface area contributed by atoms with Crippen molar-refractivity contribution in [2.24, 2.45) is 10.7 Å². The standard InChI is InChI=1S/C6H11N3O/c1-5(10)4-9-3-2-8-6(9)7/h10H,1-4H2,(H2,7,8). The molecular formula is C6H11N3O. The first-order chi connectivity index (χ1) is 4.70. The smallest absolute Gasteiger partial charge is 0.191 e. The monoisotopic (exact) mass is 141 g/mol. The van der Waals surface area contributed by atoms with Crippen LogP contribution in [0.2, 0.25) is 0 Å². The summed E-state index contributed by atoms with van der Waals surface area (Å²) in [6.45, 7) is 5.26. The van der Waals surface area contributed by atoms with Gasteiger partial charge < -0.3 is 15.7 Å². The van der Waals surface area contributed by atoms with Gasteiger partial charge in [-0.05, 0) is 0 Å². The van der Waals surface area contributed by atoms with Gasteiger partial charge in [-0.2, -0.15) is 0 Å². The minimum atomic E-state index is 0.125. The molecule has 0 spiro atoms. The van der Waals surface area contributed by atoms with Crippen LogP contribution in [0.1, 0.15) is 0 Å². The van der Waals surface area contributed by atoms with Crippen LogP contribution in [0.25, 0.3) is 0 Å². The van der Waals surface area contributed by atoms with E-state index in [1.54, 1.807) is 4.90 Å². The van der Waals surface area contributed by atoms with Gasteiger partial charge in [-0.1, -0.05) is 6.58 Å². The van der Waals surface area contributed by atoms with Crippen LogP contribution in [0.3, 0.4) is 0 Å². The largest absolute Gasteiger partial charge is 0.511 e. The van der Waals surface area contributed by atoms with Crippen molar-refractivity contribution >= 4 is 5.96 Å². The second kappa shape index (κ2) is 2.60. The third-order valence-corrected chi connectivity index (χ3v) is 1.34. The summed E-state index contributed by atoms with van der Waals surface area (Å²) >= 11 is 0. The SMILES string of the molecule is C=C(O)CN1CCN=C1N. The summed E-state index contributed by atoms with van der Waals surface area (Å²) in [6.07, 6.45) is 0. The highest BCUT2D eigenvalue weighted by atomic mass is 16.3. The first kappa shape index (κ1) is 6.92. The lowest BCUT2D eigenvalue weighted by molar-refractivity contribution is 0.345. The van der Waals surface area contributed by atoms with Gasteiger partial charge in [0.15, 0.2) is 5.96 Å². The zero-order valence-electron chi connectivity index (χ0n) is 5.75. The Morgan fingerprint density at radius 2 is 2.60 bits per heavy atom. The number of aliphatic hydroxyl groups is 1. The number of hydrogen-bond donors (Lipinski definition) is 2. The van der Waals surface area contributed by atoms with Crippen molar-refractivity contribution < 1.29 is 5.11 Å². The summed E-state index contributed by atoms with van der Waals surface area (Å²) in [5.74, 6) is 0.621. The number of guanidine groups is 1. The minimum Gasteiger partial charge on any atom is -0.511 e. The zero-order valence-corrected chi connectivity index (χ0v) is 5.75. The molecular weight excluding hydrogens is 130 g/mol. The Morgan fingerprint density at radius 1 is 1.90 bits per heavy atom. The molecule has 0 aliphatic carbocycles. The van der Waals surface area contributed by atoms with Crippen LogP contribution >= 0.6 is 0 Å². The Balaban J connectivity index is 2.43. The molecule has 0 fully saturated rings. The normalized spacial score (nSPS) is 17.2. The molecule has 0 aromatic heterocycles. The maximum absolute atomic E-state index is 8.78. The zero-order chi connectivity index (χ0) is 7.56. The van der Waals surface area contributed by atoms with Gasteiger partial charge in [0.05, 0.1) is 13.1 Å². The molecule has 56 valence electrons. The lowest BCUT2D eigenvalue weighted by Gasteiger charge is -2.15. The number of nitrogens with zero attached hydrogens (tertiary/aromatic N) is 2. The average Bonchev–Trinajstić information content (AvgIpc) is 2.15. The van der Waals surface area contributed by atoms with Gasteiger partial charge in [-0.15, -0.1) is 0 Å². The molecule has 0 unspecified atom stereocenters. The van der Waals surface area contributed by atoms with Crippen LogP contribution in [-0.2, 0) is 0 Å². The van der Waals surface area contributed by atoms with Crippen molar-refractivity contribution in [1.29, 1.82) is 0 Å². The summed E-state index contributed by atoms with van der Waals surface area (Å²) in [5.41, 5.74) is 5.45. The topological polar surface area (TPSA) is 61.8 Å². The fourth-order valence-electron chi connectivity index (χ4n) is 0.880. The summed E-state index contributed by atoms with van der Waals surface area (Å²) in [7, 11) is 0. The number of aliphatic imine (C=N–C) groups is 1. The van der Waals surface area contributed by atoms with E-state index >= 15 is 0 Å². The molecule has 10 heavy (non-hydrogen) atoms. The third-order valence-electron chi connectivity index (χ3n) is 1.34. The summed E-state index contributed by atoms with van der Waals surface area (Å²) in [6, 6.07) is 0. The predicted octanol–water partition coefficient (Wildman–Crippen LogP) is -0.312. The lowest BCUT2D eigenvalue weighted by atomic mass is 10.5. The highest BCUT2D eigenvalue weighted by Gasteiger charge is 2.12. The second-order valence-electron chi connectivity index (χ2n) is 2.23. The maximum atomic E-state index is 8.78. The molecule has 0 bridgehead atoms. The van der Waals surface area contributed by atoms with Crippen LogP contribution in [-0.4, -0.2) is 35.6 Å². The highest BCUT2D eigenvalue weighted by Crippen LogP contribution is 1.99. The van der Waals surface area contributed by atoms with Gasteiger partial charge in [0, 0.05) is 6.54 Å². The molecule has 0 aromatic carbocycles. The van der Waals surface area contributed by atoms with Crippen LogP contribution in [0, 0.1) is 0 Å². The van der Waals surface area contributed by atoms with E-state index in [4.69, 9.17) is 10.8 Å². The Kier molecular flexibility index (Phi) is 1.80. The van der Waals surface area contributed by atoms with Crippen LogP contribution < -0.4 is 5.73 Å². The van der Waals surface area contributed by atoms with E-state index in [9.17, 15) is 0 Å². The van der Waals surface area contributed by atoms with E-state index in [1.807, 2.05) is 0 Å². The minimum absolute atomic E-state index is 0.125. The Labute approximate surface area is 59.7 Å². The molecule has 0 atom stereocenters. The maximum Gasteiger partial charge on any atom is 0.191 e. The van der Waals surface area contributed by atoms with Crippen LogP contribution in [0.4, 0.5) is 0 Å². The molecule has 1 rings (SSSR count). The quantitative estimate of drug-likeness (QED) is 0.518. The van der Waals surface area contributed by atoms with E-state index in [0.717, 1.165) is 13.1 Å². The molecule has 1 aliphatic heterocycles. The average molecular weight is 141 g/mol. The van der Waals surface area contributed by atoms with Gasteiger partial charge >= 0.3 is 0 Å². The van der Waals surface area contributed by atoms with Crippen molar-refractivity contribution in [1.82, 2.24) is 4.90 Å². The highest BCUT2D eigenvalue weighted by molar-refractivity contribution is 5.79. The van der Waals surface area contributed by atoms with E-state index in [1.165, 1.54) is 0 Å². The molecule has 0 aromatic rings. The van der Waals surface area contributed by atoms with Gasteiger partial charge in [0.1, 0.15) is 5.76 Å². The fraction of sp³-hybridized carbons (Fsp3) is 0.500. The molecule has 4 heteroatoms. The summed E-state index contributed by atoms with van der Waals surface area (Å²) in [5, 5.41) is 8.78. The molecule has 1 heterocycles. The summed E-state index contributed by atoms with van der Waals surface area (Å²) in [4.78, 5) is 5.72. The molecule has 0 saturated heterocycles. The van der Waals surface area contributed by atoms with Crippen molar-refractivity contribution in [2.45, 2.75) is 0 Å². The number of aliphatic hydroxyl groups excluding tert-OH is 1. The Hall–Kier alpha value is -1.19. The fourth-order valence-corrected chi connectivity index (χ4v) is 0.880. The van der Waals surface area contributed by atoms with Crippen molar-refractivity contribution in [3.05, 3.63) is 12.3 Å². The van der Waals surface area contributed by atoms with Crippen molar-refractivity contribution in [2.75, 3.05) is 19.6 Å². The molecule has 0 radical (unpaired) electrons. The second-order valence-corrected chi connectivity index (χ2v) is 2.23. The van der Waals surface area contributed by atoms with E-state index < -0.39 is 0 Å². The van der Waals surface area contributed by atoms with Crippen LogP contribution in [0.15, 0.2) is 17.3 Å². The van der Waals surface area contributed by atoms with Gasteiger partial charge in [0.25, 0.3) is 0 Å². The first-order valence-corrected chi connectivity index (χ1v) is 3.12. The van der Waals surface area contributed by atoms with E-state index in [-0.39, 0.29) is 5.76 Å². The predicted molar refractivity (Wildman–Crippen MR) is 39.8 cm³/mol. The number of hydrogen-bond acceptors (Lipinski definition) is 4. The molecule has 1 aliphatic rings. The van der Waals surface area contributed by atoms with Crippen molar-refractivity contribution in [3.8, 4) is 0 Å². The Bertz CT molecular complexity index is 176. The number of rotatable bonds is 2. The molecule has 0 saturated carbocycles. The molecule has 0 amide bonds. The van der Waals surface area contributed by atoms with E-state index in [2.05, 4.69) is 11.6 Å². The lowest BCUT2D eigenvalue weighted by Crippen LogP contribution is -2.35. The third kappa shape index (κ3) is 1.40. The van der Waals surface area contributed by atoms with Crippen LogP contribution in [0.5, 0.6) is 0 Å².